The number of nitrogens with zero attached hydrogens (tertiary/aromatic N) is 2. The number of para-hydroxylation sites is 1. The molecular formula is C21H25N3O5S. The van der Waals surface area contributed by atoms with Crippen LogP contribution in [0.15, 0.2) is 42.5 Å². The van der Waals surface area contributed by atoms with E-state index in [0.29, 0.717) is 54.4 Å². The summed E-state index contributed by atoms with van der Waals surface area (Å²) in [5, 5.41) is 2.80. The highest BCUT2D eigenvalue weighted by Crippen LogP contribution is 2.24. The number of aryl methyl sites for hydroxylation is 1. The van der Waals surface area contributed by atoms with Gasteiger partial charge in [0.25, 0.3) is 11.8 Å². The maximum atomic E-state index is 12.9. The highest BCUT2D eigenvalue weighted by molar-refractivity contribution is 7.92. The Balaban J connectivity index is 1.81. The van der Waals surface area contributed by atoms with E-state index in [0.717, 1.165) is 6.26 Å². The maximum Gasteiger partial charge on any atom is 0.256 e. The molecule has 0 saturated carbocycles. The summed E-state index contributed by atoms with van der Waals surface area (Å²) in [6.45, 7) is 3.75. The lowest BCUT2D eigenvalue weighted by atomic mass is 10.1. The Labute approximate surface area is 176 Å². The number of carbonyl (C=O) groups excluding carboxylic acids is 2. The van der Waals surface area contributed by atoms with Crippen LogP contribution in [0.3, 0.4) is 0 Å². The number of hydrogen-bond acceptors (Lipinski definition) is 5. The molecular weight excluding hydrogens is 406 g/mol. The SMILES string of the molecule is Cc1cc(C(=O)Nc2ccccc2C(=O)N2CCOCC2)ccc1N(C)S(C)(=O)=O. The zero-order valence-corrected chi connectivity index (χ0v) is 18.0. The Kier molecular flexibility index (Phi) is 6.42. The van der Waals surface area contributed by atoms with Crippen LogP contribution in [-0.2, 0) is 14.8 Å². The third-order valence-electron chi connectivity index (χ3n) is 5.00. The van der Waals surface area contributed by atoms with Gasteiger partial charge in [-0.25, -0.2) is 8.42 Å². The van der Waals surface area contributed by atoms with Gasteiger partial charge in [0.05, 0.1) is 36.4 Å². The van der Waals surface area contributed by atoms with Gasteiger partial charge in [0.1, 0.15) is 0 Å². The fourth-order valence-corrected chi connectivity index (χ4v) is 3.80. The summed E-state index contributed by atoms with van der Waals surface area (Å²) in [5.41, 5.74) is 2.35. The first-order valence-electron chi connectivity index (χ1n) is 9.50. The molecule has 1 aliphatic rings. The van der Waals surface area contributed by atoms with Crippen LogP contribution in [-0.4, -0.2) is 64.7 Å². The minimum absolute atomic E-state index is 0.157. The first-order chi connectivity index (χ1) is 14.2. The standard InChI is InChI=1S/C21H25N3O5S/c1-15-14-16(8-9-19(15)23(2)30(3,27)28)20(25)22-18-7-5-4-6-17(18)21(26)24-10-12-29-13-11-24/h4-9,14H,10-13H2,1-3H3,(H,22,25). The van der Waals surface area contributed by atoms with Crippen LogP contribution in [0.25, 0.3) is 0 Å². The fraction of sp³-hybridized carbons (Fsp3) is 0.333. The second-order valence-corrected chi connectivity index (χ2v) is 9.15. The number of anilines is 2. The van der Waals surface area contributed by atoms with Crippen molar-refractivity contribution >= 4 is 33.2 Å². The molecule has 2 amide bonds. The molecule has 0 unspecified atom stereocenters. The molecule has 0 aliphatic carbocycles. The molecule has 9 heteroatoms. The van der Waals surface area contributed by atoms with Crippen molar-refractivity contribution in [3.8, 4) is 0 Å². The normalized spacial score (nSPS) is 14.3. The lowest BCUT2D eigenvalue weighted by Gasteiger charge is -2.27. The molecule has 1 heterocycles. The summed E-state index contributed by atoms with van der Waals surface area (Å²) < 4.78 is 30.0. The molecule has 1 fully saturated rings. The van der Waals surface area contributed by atoms with E-state index in [9.17, 15) is 18.0 Å². The minimum atomic E-state index is -3.40. The van der Waals surface area contributed by atoms with Crippen molar-refractivity contribution in [3.05, 3.63) is 59.2 Å². The number of rotatable bonds is 5. The van der Waals surface area contributed by atoms with E-state index < -0.39 is 10.0 Å². The number of amides is 2. The van der Waals surface area contributed by atoms with Crippen LogP contribution in [0, 0.1) is 6.92 Å². The molecule has 3 rings (SSSR count). The van der Waals surface area contributed by atoms with Crippen LogP contribution in [0.2, 0.25) is 0 Å². The van der Waals surface area contributed by atoms with Crippen LogP contribution in [0.1, 0.15) is 26.3 Å². The topological polar surface area (TPSA) is 96.0 Å². The molecule has 0 spiro atoms. The molecule has 8 nitrogen and oxygen atoms in total. The lowest BCUT2D eigenvalue weighted by Crippen LogP contribution is -2.41. The maximum absolute atomic E-state index is 12.9. The summed E-state index contributed by atoms with van der Waals surface area (Å²) in [7, 11) is -1.94. The van der Waals surface area contributed by atoms with Gasteiger partial charge in [-0.3, -0.25) is 13.9 Å². The quantitative estimate of drug-likeness (QED) is 0.782. The predicted octanol–water partition coefficient (Wildman–Crippen LogP) is 2.12. The summed E-state index contributed by atoms with van der Waals surface area (Å²) >= 11 is 0. The number of ether oxygens (including phenoxy) is 1. The monoisotopic (exact) mass is 431 g/mol. The Morgan fingerprint density at radius 1 is 1.10 bits per heavy atom. The number of hydrogen-bond donors (Lipinski definition) is 1. The van der Waals surface area contributed by atoms with Gasteiger partial charge in [-0.2, -0.15) is 0 Å². The molecule has 30 heavy (non-hydrogen) atoms. The van der Waals surface area contributed by atoms with Crippen LogP contribution in [0.4, 0.5) is 11.4 Å². The average molecular weight is 432 g/mol. The van der Waals surface area contributed by atoms with Crippen molar-refractivity contribution in [1.82, 2.24) is 4.90 Å². The molecule has 1 aliphatic heterocycles. The van der Waals surface area contributed by atoms with Gasteiger partial charge in [-0.1, -0.05) is 12.1 Å². The summed E-state index contributed by atoms with van der Waals surface area (Å²) in [4.78, 5) is 27.4. The highest BCUT2D eigenvalue weighted by Gasteiger charge is 2.22. The summed E-state index contributed by atoms with van der Waals surface area (Å²) in [5.74, 6) is -0.538. The number of morpholine rings is 1. The van der Waals surface area contributed by atoms with E-state index in [-0.39, 0.29) is 11.8 Å². The summed E-state index contributed by atoms with van der Waals surface area (Å²) in [6.07, 6.45) is 1.12. The van der Waals surface area contributed by atoms with Crippen molar-refractivity contribution in [2.24, 2.45) is 0 Å². The van der Waals surface area contributed by atoms with Gasteiger partial charge >= 0.3 is 0 Å². The number of benzene rings is 2. The Morgan fingerprint density at radius 2 is 1.77 bits per heavy atom. The second-order valence-electron chi connectivity index (χ2n) is 7.14. The number of carbonyl (C=O) groups is 2. The molecule has 0 radical (unpaired) electrons. The average Bonchev–Trinajstić information content (AvgIpc) is 2.73. The lowest BCUT2D eigenvalue weighted by molar-refractivity contribution is 0.0303. The first-order valence-corrected chi connectivity index (χ1v) is 11.4. The van der Waals surface area contributed by atoms with Gasteiger partial charge in [0, 0.05) is 25.7 Å². The van der Waals surface area contributed by atoms with E-state index in [1.165, 1.54) is 11.4 Å². The predicted molar refractivity (Wildman–Crippen MR) is 116 cm³/mol. The molecule has 0 bridgehead atoms. The van der Waals surface area contributed by atoms with Gasteiger partial charge in [-0.05, 0) is 42.8 Å². The van der Waals surface area contributed by atoms with Crippen molar-refractivity contribution < 1.29 is 22.7 Å². The molecule has 1 saturated heterocycles. The minimum Gasteiger partial charge on any atom is -0.378 e. The van der Waals surface area contributed by atoms with Crippen molar-refractivity contribution in [2.75, 3.05) is 49.2 Å². The van der Waals surface area contributed by atoms with E-state index >= 15 is 0 Å². The number of nitrogens with one attached hydrogen (secondary N) is 1. The van der Waals surface area contributed by atoms with Gasteiger partial charge < -0.3 is 15.0 Å². The highest BCUT2D eigenvalue weighted by atomic mass is 32.2. The Bertz CT molecular complexity index is 1060. The molecule has 0 aromatic heterocycles. The molecule has 1 N–H and O–H groups in total. The zero-order valence-electron chi connectivity index (χ0n) is 17.2. The van der Waals surface area contributed by atoms with E-state index in [2.05, 4.69) is 5.32 Å². The fourth-order valence-electron chi connectivity index (χ4n) is 3.24. The Hall–Kier alpha value is -2.91. The van der Waals surface area contributed by atoms with E-state index in [4.69, 9.17) is 4.74 Å². The van der Waals surface area contributed by atoms with Crippen molar-refractivity contribution in [2.45, 2.75) is 6.92 Å². The van der Waals surface area contributed by atoms with Crippen LogP contribution in [0.5, 0.6) is 0 Å². The third-order valence-corrected chi connectivity index (χ3v) is 6.19. The Morgan fingerprint density at radius 3 is 2.40 bits per heavy atom. The molecule has 2 aromatic rings. The smallest absolute Gasteiger partial charge is 0.256 e. The van der Waals surface area contributed by atoms with Gasteiger partial charge in [-0.15, -0.1) is 0 Å². The van der Waals surface area contributed by atoms with Crippen LogP contribution < -0.4 is 9.62 Å². The van der Waals surface area contributed by atoms with Gasteiger partial charge in [0.2, 0.25) is 10.0 Å². The third kappa shape index (κ3) is 4.80. The molecule has 0 atom stereocenters. The summed E-state index contributed by atoms with van der Waals surface area (Å²) in [6, 6.07) is 11.7. The largest absolute Gasteiger partial charge is 0.378 e. The second kappa shape index (κ2) is 8.85. The zero-order chi connectivity index (χ0) is 21.9. The van der Waals surface area contributed by atoms with Crippen molar-refractivity contribution in [1.29, 1.82) is 0 Å². The van der Waals surface area contributed by atoms with Crippen molar-refractivity contribution in [3.63, 3.8) is 0 Å². The first kappa shape index (κ1) is 21.8. The van der Waals surface area contributed by atoms with Crippen LogP contribution >= 0.6 is 0 Å². The molecule has 2 aromatic carbocycles. The van der Waals surface area contributed by atoms with E-state index in [1.807, 2.05) is 0 Å². The molecule has 160 valence electrons. The van der Waals surface area contributed by atoms with E-state index in [1.54, 1.807) is 54.3 Å². The van der Waals surface area contributed by atoms with Gasteiger partial charge in [0.15, 0.2) is 0 Å². The number of sulfonamides is 1.